The number of aromatic nitrogens is 1. The Morgan fingerprint density at radius 1 is 1.48 bits per heavy atom. The standard InChI is InChI=1S/C14H21N3O3S/c1-10-12(4-3-7-15-10)5-8-16-14(18)17-13-6-9-21(19,20)11(13)2/h3-4,7,11,13H,5-6,8-9H2,1-2H3,(H2,16,17,18)/t11-,13-/m1/s1. The average Bonchev–Trinajstić information content (AvgIpc) is 2.68. The zero-order valence-electron chi connectivity index (χ0n) is 12.3. The highest BCUT2D eigenvalue weighted by molar-refractivity contribution is 7.92. The first kappa shape index (κ1) is 15.8. The number of aryl methyl sites for hydroxylation is 1. The fourth-order valence-corrected chi connectivity index (χ4v) is 4.12. The number of urea groups is 1. The number of hydrogen-bond acceptors (Lipinski definition) is 4. The fourth-order valence-electron chi connectivity index (χ4n) is 2.46. The predicted molar refractivity (Wildman–Crippen MR) is 80.9 cm³/mol. The number of pyridine rings is 1. The van der Waals surface area contributed by atoms with Gasteiger partial charge in [0.25, 0.3) is 0 Å². The largest absolute Gasteiger partial charge is 0.338 e. The summed E-state index contributed by atoms with van der Waals surface area (Å²) in [7, 11) is -3.04. The first-order valence-electron chi connectivity index (χ1n) is 7.06. The van der Waals surface area contributed by atoms with E-state index >= 15 is 0 Å². The highest BCUT2D eigenvalue weighted by atomic mass is 32.2. The molecule has 1 saturated heterocycles. The van der Waals surface area contributed by atoms with Crippen LogP contribution in [0.1, 0.15) is 24.6 Å². The van der Waals surface area contributed by atoms with E-state index in [0.717, 1.165) is 11.3 Å². The van der Waals surface area contributed by atoms with Gasteiger partial charge in [-0.25, -0.2) is 13.2 Å². The second kappa shape index (κ2) is 6.43. The molecule has 0 aliphatic carbocycles. The molecule has 1 aliphatic heterocycles. The molecule has 2 amide bonds. The number of amides is 2. The normalized spacial score (nSPS) is 23.7. The third-order valence-corrected chi connectivity index (χ3v) is 6.23. The number of nitrogens with one attached hydrogen (secondary N) is 2. The lowest BCUT2D eigenvalue weighted by Gasteiger charge is -2.16. The number of rotatable bonds is 4. The number of hydrogen-bond donors (Lipinski definition) is 2. The van der Waals surface area contributed by atoms with Crippen LogP contribution in [0.15, 0.2) is 18.3 Å². The van der Waals surface area contributed by atoms with Crippen molar-refractivity contribution in [3.05, 3.63) is 29.6 Å². The molecule has 0 saturated carbocycles. The van der Waals surface area contributed by atoms with Crippen LogP contribution in [0.25, 0.3) is 0 Å². The maximum absolute atomic E-state index is 11.8. The molecule has 0 spiro atoms. The van der Waals surface area contributed by atoms with Gasteiger partial charge >= 0.3 is 6.03 Å². The number of sulfone groups is 1. The van der Waals surface area contributed by atoms with Crippen LogP contribution >= 0.6 is 0 Å². The molecule has 1 aliphatic rings. The van der Waals surface area contributed by atoms with Crippen LogP contribution in [-0.2, 0) is 16.3 Å². The summed E-state index contributed by atoms with van der Waals surface area (Å²) in [5.41, 5.74) is 2.05. The van der Waals surface area contributed by atoms with E-state index in [0.29, 0.717) is 19.4 Å². The van der Waals surface area contributed by atoms with E-state index in [9.17, 15) is 13.2 Å². The topological polar surface area (TPSA) is 88.2 Å². The van der Waals surface area contributed by atoms with Crippen molar-refractivity contribution in [3.63, 3.8) is 0 Å². The quantitative estimate of drug-likeness (QED) is 0.861. The summed E-state index contributed by atoms with van der Waals surface area (Å²) < 4.78 is 23.2. The summed E-state index contributed by atoms with van der Waals surface area (Å²) in [6, 6.07) is 3.24. The van der Waals surface area contributed by atoms with Gasteiger partial charge in [-0.1, -0.05) is 6.07 Å². The molecule has 0 aromatic carbocycles. The molecule has 1 aromatic heterocycles. The summed E-state index contributed by atoms with van der Waals surface area (Å²) in [5, 5.41) is 4.99. The fraction of sp³-hybridized carbons (Fsp3) is 0.571. The lowest BCUT2D eigenvalue weighted by molar-refractivity contribution is 0.237. The Morgan fingerprint density at radius 2 is 2.24 bits per heavy atom. The molecular weight excluding hydrogens is 290 g/mol. The molecule has 1 aromatic rings. The SMILES string of the molecule is Cc1ncccc1CCNC(=O)N[C@@H]1CCS(=O)(=O)[C@@H]1C. The van der Waals surface area contributed by atoms with E-state index in [1.807, 2.05) is 19.1 Å². The highest BCUT2D eigenvalue weighted by Crippen LogP contribution is 2.19. The average molecular weight is 311 g/mol. The monoisotopic (exact) mass is 311 g/mol. The second-order valence-corrected chi connectivity index (χ2v) is 7.84. The van der Waals surface area contributed by atoms with Crippen molar-refractivity contribution in [2.24, 2.45) is 0 Å². The van der Waals surface area contributed by atoms with Crippen LogP contribution in [0.5, 0.6) is 0 Å². The second-order valence-electron chi connectivity index (χ2n) is 5.37. The van der Waals surface area contributed by atoms with E-state index in [-0.39, 0.29) is 17.8 Å². The third kappa shape index (κ3) is 3.93. The molecule has 6 nitrogen and oxygen atoms in total. The van der Waals surface area contributed by atoms with Crippen molar-refractivity contribution >= 4 is 15.9 Å². The van der Waals surface area contributed by atoms with E-state index in [2.05, 4.69) is 15.6 Å². The van der Waals surface area contributed by atoms with E-state index < -0.39 is 15.1 Å². The maximum atomic E-state index is 11.8. The Bertz CT molecular complexity index is 616. The van der Waals surface area contributed by atoms with Crippen molar-refractivity contribution in [1.82, 2.24) is 15.6 Å². The summed E-state index contributed by atoms with van der Waals surface area (Å²) >= 11 is 0. The van der Waals surface area contributed by atoms with Gasteiger partial charge in [0.2, 0.25) is 0 Å². The molecule has 2 atom stereocenters. The van der Waals surface area contributed by atoms with Crippen LogP contribution in [-0.4, -0.2) is 43.0 Å². The van der Waals surface area contributed by atoms with Crippen molar-refractivity contribution in [2.75, 3.05) is 12.3 Å². The first-order valence-corrected chi connectivity index (χ1v) is 8.78. The molecule has 7 heteroatoms. The van der Waals surface area contributed by atoms with Gasteiger partial charge in [-0.2, -0.15) is 0 Å². The van der Waals surface area contributed by atoms with Crippen LogP contribution in [0.3, 0.4) is 0 Å². The van der Waals surface area contributed by atoms with Gasteiger partial charge in [0, 0.05) is 24.5 Å². The van der Waals surface area contributed by atoms with Crippen molar-refractivity contribution in [3.8, 4) is 0 Å². The smallest absolute Gasteiger partial charge is 0.315 e. The molecule has 2 N–H and O–H groups in total. The molecule has 1 fully saturated rings. The molecule has 0 unspecified atom stereocenters. The minimum Gasteiger partial charge on any atom is -0.338 e. The summed E-state index contributed by atoms with van der Waals surface area (Å²) in [6.45, 7) is 4.07. The number of carbonyl (C=O) groups is 1. The predicted octanol–water partition coefficient (Wildman–Crippen LogP) is 0.807. The van der Waals surface area contributed by atoms with Crippen LogP contribution in [0.4, 0.5) is 4.79 Å². The molecule has 2 rings (SSSR count). The molecule has 21 heavy (non-hydrogen) atoms. The highest BCUT2D eigenvalue weighted by Gasteiger charge is 2.37. The summed E-state index contributed by atoms with van der Waals surface area (Å²) in [5.74, 6) is 0.147. The van der Waals surface area contributed by atoms with Crippen LogP contribution in [0, 0.1) is 6.92 Å². The summed E-state index contributed by atoms with van der Waals surface area (Å²) in [6.07, 6.45) is 2.92. The molecule has 2 heterocycles. The van der Waals surface area contributed by atoms with E-state index in [1.54, 1.807) is 13.1 Å². The van der Waals surface area contributed by atoms with E-state index in [1.165, 1.54) is 0 Å². The Labute approximate surface area is 125 Å². The minimum atomic E-state index is -3.04. The van der Waals surface area contributed by atoms with Gasteiger partial charge in [0.05, 0.1) is 11.0 Å². The zero-order chi connectivity index (χ0) is 15.5. The van der Waals surface area contributed by atoms with Crippen molar-refractivity contribution in [1.29, 1.82) is 0 Å². The van der Waals surface area contributed by atoms with Gasteiger partial charge in [-0.15, -0.1) is 0 Å². The van der Waals surface area contributed by atoms with Gasteiger partial charge in [0.15, 0.2) is 9.84 Å². The van der Waals surface area contributed by atoms with Crippen molar-refractivity contribution < 1.29 is 13.2 Å². The maximum Gasteiger partial charge on any atom is 0.315 e. The van der Waals surface area contributed by atoms with Crippen molar-refractivity contribution in [2.45, 2.75) is 38.0 Å². The molecule has 0 bridgehead atoms. The molecule has 116 valence electrons. The van der Waals surface area contributed by atoms with Crippen LogP contribution < -0.4 is 10.6 Å². The Hall–Kier alpha value is -1.63. The first-order chi connectivity index (χ1) is 9.90. The third-order valence-electron chi connectivity index (χ3n) is 3.96. The lowest BCUT2D eigenvalue weighted by atomic mass is 10.1. The Kier molecular flexibility index (Phi) is 4.82. The molecule has 0 radical (unpaired) electrons. The van der Waals surface area contributed by atoms with Gasteiger partial charge < -0.3 is 10.6 Å². The van der Waals surface area contributed by atoms with Gasteiger partial charge in [0.1, 0.15) is 0 Å². The number of nitrogens with zero attached hydrogens (tertiary/aromatic N) is 1. The van der Waals surface area contributed by atoms with E-state index in [4.69, 9.17) is 0 Å². The van der Waals surface area contributed by atoms with Crippen LogP contribution in [0.2, 0.25) is 0 Å². The Morgan fingerprint density at radius 3 is 2.86 bits per heavy atom. The van der Waals surface area contributed by atoms with Gasteiger partial charge in [-0.3, -0.25) is 4.98 Å². The Balaban J connectivity index is 1.77. The lowest BCUT2D eigenvalue weighted by Crippen LogP contribution is -2.46. The van der Waals surface area contributed by atoms with Gasteiger partial charge in [-0.05, 0) is 38.3 Å². The number of carbonyl (C=O) groups excluding carboxylic acids is 1. The zero-order valence-corrected chi connectivity index (χ0v) is 13.1. The molecular formula is C14H21N3O3S. The minimum absolute atomic E-state index is 0.147. The summed E-state index contributed by atoms with van der Waals surface area (Å²) in [4.78, 5) is 16.0.